The molecule has 0 saturated carbocycles. The molecule has 0 spiro atoms. The van der Waals surface area contributed by atoms with Gasteiger partial charge in [-0.2, -0.15) is 0 Å². The molecule has 0 radical (unpaired) electrons. The Balaban J connectivity index is 1.63. The third kappa shape index (κ3) is 6.55. The van der Waals surface area contributed by atoms with Crippen LogP contribution in [0.1, 0.15) is 34.8 Å². The predicted octanol–water partition coefficient (Wildman–Crippen LogP) is 5.02. The molecular weight excluding hydrogens is 470 g/mol. The van der Waals surface area contributed by atoms with Gasteiger partial charge in [0, 0.05) is 11.3 Å². The molecule has 1 amide bonds. The van der Waals surface area contributed by atoms with Crippen LogP contribution in [0.3, 0.4) is 0 Å². The zero-order chi connectivity index (χ0) is 24.7. The molecule has 7 nitrogen and oxygen atoms in total. The van der Waals surface area contributed by atoms with E-state index in [1.165, 1.54) is 12.1 Å². The van der Waals surface area contributed by atoms with E-state index < -0.39 is 10.0 Å². The average molecular weight is 498 g/mol. The lowest BCUT2D eigenvalue weighted by Crippen LogP contribution is -2.34. The van der Waals surface area contributed by atoms with Crippen LogP contribution in [-0.4, -0.2) is 26.0 Å². The Morgan fingerprint density at radius 2 is 1.62 bits per heavy atom. The first kappa shape index (κ1) is 25.2. The second kappa shape index (κ2) is 11.1. The molecule has 9 heteroatoms. The normalized spacial score (nSPS) is 10.9. The van der Waals surface area contributed by atoms with E-state index >= 15 is 0 Å². The highest BCUT2D eigenvalue weighted by atomic mass is 32.2. The molecule has 0 saturated heterocycles. The lowest BCUT2D eigenvalue weighted by Gasteiger charge is -2.14. The number of hydrogen-bond acceptors (Lipinski definition) is 5. The number of thiocarbonyl (C=S) groups is 1. The van der Waals surface area contributed by atoms with E-state index in [1.54, 1.807) is 36.4 Å². The maximum absolute atomic E-state index is 12.8. The average Bonchev–Trinajstić information content (AvgIpc) is 2.80. The standard InChI is InChI=1S/C25H27N3O4S2/c1-4-15-32-21-10-6-9-19(16-21)24(29)27-25(33)26-20-11-13-22(14-12-20)34(30,31)28-23-17(2)7-5-8-18(23)3/h5-14,16,28H,4,15H2,1-3H3,(H2,26,27,29,33). The Morgan fingerprint density at radius 1 is 0.971 bits per heavy atom. The number of anilines is 2. The van der Waals surface area contributed by atoms with Gasteiger partial charge >= 0.3 is 0 Å². The smallest absolute Gasteiger partial charge is 0.261 e. The number of rotatable bonds is 8. The van der Waals surface area contributed by atoms with Gasteiger partial charge in [0.1, 0.15) is 5.75 Å². The van der Waals surface area contributed by atoms with Gasteiger partial charge in [-0.1, -0.05) is 31.2 Å². The molecule has 0 atom stereocenters. The summed E-state index contributed by atoms with van der Waals surface area (Å²) in [5, 5.41) is 5.60. The monoisotopic (exact) mass is 497 g/mol. The fourth-order valence-corrected chi connectivity index (χ4v) is 4.58. The van der Waals surface area contributed by atoms with Crippen molar-refractivity contribution in [3.05, 3.63) is 83.4 Å². The highest BCUT2D eigenvalue weighted by Gasteiger charge is 2.17. The molecule has 3 N–H and O–H groups in total. The van der Waals surface area contributed by atoms with Gasteiger partial charge in [-0.15, -0.1) is 0 Å². The number of benzene rings is 3. The predicted molar refractivity (Wildman–Crippen MR) is 139 cm³/mol. The Hall–Kier alpha value is -3.43. The maximum Gasteiger partial charge on any atom is 0.261 e. The van der Waals surface area contributed by atoms with Crippen molar-refractivity contribution in [1.29, 1.82) is 0 Å². The summed E-state index contributed by atoms with van der Waals surface area (Å²) in [4.78, 5) is 12.6. The van der Waals surface area contributed by atoms with Crippen LogP contribution in [0.15, 0.2) is 71.6 Å². The molecule has 3 aromatic rings. The Bertz CT molecular complexity index is 1270. The van der Waals surface area contributed by atoms with Gasteiger partial charge < -0.3 is 10.1 Å². The molecule has 178 valence electrons. The molecule has 0 aliphatic carbocycles. The molecule has 0 bridgehead atoms. The number of nitrogens with one attached hydrogen (secondary N) is 3. The van der Waals surface area contributed by atoms with Crippen molar-refractivity contribution >= 4 is 44.6 Å². The summed E-state index contributed by atoms with van der Waals surface area (Å²) in [6, 6.07) is 18.5. The molecule has 0 unspecified atom stereocenters. The zero-order valence-corrected chi connectivity index (χ0v) is 20.8. The van der Waals surface area contributed by atoms with E-state index in [1.807, 2.05) is 39.0 Å². The third-order valence-corrected chi connectivity index (χ3v) is 6.51. The highest BCUT2D eigenvalue weighted by molar-refractivity contribution is 7.92. The van der Waals surface area contributed by atoms with Gasteiger partial charge in [-0.05, 0) is 86.1 Å². The van der Waals surface area contributed by atoms with Crippen molar-refractivity contribution in [2.45, 2.75) is 32.1 Å². The Labute approximate surface area is 205 Å². The van der Waals surface area contributed by atoms with E-state index in [0.29, 0.717) is 29.3 Å². The molecule has 34 heavy (non-hydrogen) atoms. The number of carbonyl (C=O) groups excluding carboxylic acids is 1. The molecule has 3 rings (SSSR count). The number of hydrogen-bond donors (Lipinski definition) is 3. The minimum Gasteiger partial charge on any atom is -0.494 e. The van der Waals surface area contributed by atoms with E-state index in [9.17, 15) is 13.2 Å². The number of carbonyl (C=O) groups is 1. The topological polar surface area (TPSA) is 96.5 Å². The van der Waals surface area contributed by atoms with E-state index in [2.05, 4.69) is 15.4 Å². The van der Waals surface area contributed by atoms with Crippen LogP contribution in [0.5, 0.6) is 5.75 Å². The van der Waals surface area contributed by atoms with E-state index in [-0.39, 0.29) is 15.9 Å². The fourth-order valence-electron chi connectivity index (χ4n) is 3.17. The van der Waals surface area contributed by atoms with Crippen LogP contribution in [-0.2, 0) is 10.0 Å². The minimum atomic E-state index is -3.76. The first-order valence-electron chi connectivity index (χ1n) is 10.7. The minimum absolute atomic E-state index is 0.0918. The summed E-state index contributed by atoms with van der Waals surface area (Å²) in [6.45, 7) is 6.27. The molecule has 3 aromatic carbocycles. The number of sulfonamides is 1. The zero-order valence-electron chi connectivity index (χ0n) is 19.2. The van der Waals surface area contributed by atoms with Gasteiger partial charge in [-0.25, -0.2) is 8.42 Å². The summed E-state index contributed by atoms with van der Waals surface area (Å²) >= 11 is 5.23. The number of amides is 1. The van der Waals surface area contributed by atoms with Gasteiger partial charge in [-0.3, -0.25) is 14.8 Å². The fraction of sp³-hybridized carbons (Fsp3) is 0.200. The van der Waals surface area contributed by atoms with Crippen LogP contribution in [0.4, 0.5) is 11.4 Å². The molecule has 0 aliphatic rings. The van der Waals surface area contributed by atoms with Crippen molar-refractivity contribution in [3.8, 4) is 5.75 Å². The van der Waals surface area contributed by atoms with Crippen LogP contribution < -0.4 is 20.1 Å². The first-order valence-corrected chi connectivity index (χ1v) is 12.6. The summed E-state index contributed by atoms with van der Waals surface area (Å²) in [5.41, 5.74) is 3.20. The number of para-hydroxylation sites is 1. The Morgan fingerprint density at radius 3 is 2.26 bits per heavy atom. The first-order chi connectivity index (χ1) is 16.2. The lowest BCUT2D eigenvalue weighted by atomic mass is 10.1. The molecular formula is C25H27N3O4S2. The third-order valence-electron chi connectivity index (χ3n) is 4.94. The lowest BCUT2D eigenvalue weighted by molar-refractivity contribution is 0.0977. The van der Waals surface area contributed by atoms with Crippen LogP contribution in [0.25, 0.3) is 0 Å². The maximum atomic E-state index is 12.8. The number of aryl methyl sites for hydroxylation is 2. The molecule has 0 fully saturated rings. The largest absolute Gasteiger partial charge is 0.494 e. The molecule has 0 aromatic heterocycles. The van der Waals surface area contributed by atoms with Crippen molar-refractivity contribution in [2.75, 3.05) is 16.6 Å². The molecule has 0 heterocycles. The Kier molecular flexibility index (Phi) is 8.25. The summed E-state index contributed by atoms with van der Waals surface area (Å²) in [7, 11) is -3.76. The van der Waals surface area contributed by atoms with Crippen LogP contribution in [0, 0.1) is 13.8 Å². The summed E-state index contributed by atoms with van der Waals surface area (Å²) < 4.78 is 33.8. The van der Waals surface area contributed by atoms with Crippen molar-refractivity contribution in [1.82, 2.24) is 5.32 Å². The van der Waals surface area contributed by atoms with Gasteiger partial charge in [0.05, 0.1) is 17.2 Å². The molecule has 0 aliphatic heterocycles. The van der Waals surface area contributed by atoms with Crippen LogP contribution >= 0.6 is 12.2 Å². The quantitative estimate of drug-likeness (QED) is 0.378. The van der Waals surface area contributed by atoms with Gasteiger partial charge in [0.15, 0.2) is 5.11 Å². The van der Waals surface area contributed by atoms with E-state index in [4.69, 9.17) is 17.0 Å². The second-order valence-electron chi connectivity index (χ2n) is 7.68. The van der Waals surface area contributed by atoms with Gasteiger partial charge in [0.25, 0.3) is 15.9 Å². The van der Waals surface area contributed by atoms with Crippen molar-refractivity contribution < 1.29 is 17.9 Å². The van der Waals surface area contributed by atoms with E-state index in [0.717, 1.165) is 17.5 Å². The second-order valence-corrected chi connectivity index (χ2v) is 9.77. The number of ether oxygens (including phenoxy) is 1. The van der Waals surface area contributed by atoms with Crippen molar-refractivity contribution in [2.24, 2.45) is 0 Å². The van der Waals surface area contributed by atoms with Gasteiger partial charge in [0.2, 0.25) is 0 Å². The van der Waals surface area contributed by atoms with Crippen LogP contribution in [0.2, 0.25) is 0 Å². The summed E-state index contributed by atoms with van der Waals surface area (Å²) in [6.07, 6.45) is 0.867. The highest BCUT2D eigenvalue weighted by Crippen LogP contribution is 2.24. The van der Waals surface area contributed by atoms with Crippen molar-refractivity contribution in [3.63, 3.8) is 0 Å². The summed E-state index contributed by atoms with van der Waals surface area (Å²) in [5.74, 6) is 0.233. The SMILES string of the molecule is CCCOc1cccc(C(=O)NC(=S)Nc2ccc(S(=O)(=O)Nc3c(C)cccc3C)cc2)c1.